The maximum Gasteiger partial charge on any atom is 0.397 e. The lowest BCUT2D eigenvalue weighted by atomic mass is 9.98. The summed E-state index contributed by atoms with van der Waals surface area (Å²) in [5.41, 5.74) is 0. The second-order valence-corrected chi connectivity index (χ2v) is 6.94. The first kappa shape index (κ1) is 20.8. The molecule has 0 aliphatic carbocycles. The Labute approximate surface area is 128 Å². The molecular formula is C14H30O6S. The number of aliphatic hydroxyl groups excluding tert-OH is 2. The van der Waals surface area contributed by atoms with Crippen LogP contribution in [-0.2, 0) is 14.6 Å². The zero-order chi connectivity index (χ0) is 16.3. The third-order valence-corrected chi connectivity index (χ3v) is 3.77. The highest BCUT2D eigenvalue weighted by atomic mass is 32.3. The van der Waals surface area contributed by atoms with Crippen molar-refractivity contribution in [2.24, 2.45) is 5.92 Å². The zero-order valence-electron chi connectivity index (χ0n) is 13.1. The summed E-state index contributed by atoms with van der Waals surface area (Å²) in [6, 6.07) is 0. The molecule has 0 aromatic rings. The third kappa shape index (κ3) is 13.2. The van der Waals surface area contributed by atoms with Crippen molar-refractivity contribution < 1.29 is 27.4 Å². The smallest absolute Gasteiger partial charge is 0.396 e. The molecule has 0 aromatic heterocycles. The average Bonchev–Trinajstić information content (AvgIpc) is 2.34. The summed E-state index contributed by atoms with van der Waals surface area (Å²) in [6.07, 6.45) is 4.49. The van der Waals surface area contributed by atoms with Crippen LogP contribution in [0.4, 0.5) is 0 Å². The van der Waals surface area contributed by atoms with Crippen LogP contribution in [0.25, 0.3) is 0 Å². The first-order valence-corrected chi connectivity index (χ1v) is 9.07. The van der Waals surface area contributed by atoms with Crippen molar-refractivity contribution in [2.75, 3.05) is 6.61 Å². The van der Waals surface area contributed by atoms with Crippen LogP contribution in [-0.4, -0.2) is 42.0 Å². The molecule has 2 atom stereocenters. The molecule has 0 rings (SSSR count). The van der Waals surface area contributed by atoms with E-state index in [1.54, 1.807) is 0 Å². The van der Waals surface area contributed by atoms with E-state index in [9.17, 15) is 13.5 Å². The van der Waals surface area contributed by atoms with Crippen LogP contribution in [0.5, 0.6) is 0 Å². The van der Waals surface area contributed by atoms with E-state index in [0.717, 1.165) is 38.5 Å². The molecule has 0 fully saturated rings. The van der Waals surface area contributed by atoms with Crippen LogP contribution >= 0.6 is 0 Å². The minimum Gasteiger partial charge on any atom is -0.396 e. The molecule has 0 spiro atoms. The van der Waals surface area contributed by atoms with Crippen molar-refractivity contribution in [3.05, 3.63) is 0 Å². The molecule has 0 saturated heterocycles. The van der Waals surface area contributed by atoms with Crippen LogP contribution in [0.1, 0.15) is 65.2 Å². The lowest BCUT2D eigenvalue weighted by Crippen LogP contribution is -2.32. The molecule has 6 nitrogen and oxygen atoms in total. The predicted molar refractivity (Wildman–Crippen MR) is 81.3 cm³/mol. The van der Waals surface area contributed by atoms with Crippen molar-refractivity contribution in [3.63, 3.8) is 0 Å². The number of hydrogen-bond donors (Lipinski definition) is 3. The van der Waals surface area contributed by atoms with Crippen molar-refractivity contribution in [2.45, 2.75) is 77.4 Å². The van der Waals surface area contributed by atoms with Gasteiger partial charge in [0.2, 0.25) is 0 Å². The minimum atomic E-state index is -4.55. The average molecular weight is 326 g/mol. The summed E-state index contributed by atoms with van der Waals surface area (Å²) in [4.78, 5) is 0. The summed E-state index contributed by atoms with van der Waals surface area (Å²) in [6.45, 7) is 4.06. The van der Waals surface area contributed by atoms with Crippen LogP contribution in [0, 0.1) is 5.92 Å². The molecule has 0 radical (unpaired) electrons. The summed E-state index contributed by atoms with van der Waals surface area (Å²) < 4.78 is 35.1. The SMILES string of the molecule is CC(C)CC(O)C(CCCCCCCCO)OS(=O)(=O)O. The molecule has 0 saturated carbocycles. The highest BCUT2D eigenvalue weighted by molar-refractivity contribution is 7.80. The minimum absolute atomic E-state index is 0.214. The molecule has 0 heterocycles. The lowest BCUT2D eigenvalue weighted by molar-refractivity contribution is 0.0146. The maximum absolute atomic E-state index is 10.8. The van der Waals surface area contributed by atoms with E-state index >= 15 is 0 Å². The first-order valence-electron chi connectivity index (χ1n) is 7.71. The van der Waals surface area contributed by atoms with Gasteiger partial charge in [0.1, 0.15) is 6.10 Å². The van der Waals surface area contributed by atoms with Gasteiger partial charge in [0.05, 0.1) is 6.10 Å². The molecule has 0 aliphatic rings. The molecule has 128 valence electrons. The van der Waals surface area contributed by atoms with E-state index < -0.39 is 22.6 Å². The topological polar surface area (TPSA) is 104 Å². The molecule has 2 unspecified atom stereocenters. The summed E-state index contributed by atoms with van der Waals surface area (Å²) in [7, 11) is -4.55. The van der Waals surface area contributed by atoms with E-state index in [1.807, 2.05) is 13.8 Å². The maximum atomic E-state index is 10.8. The Bertz CT molecular complexity index is 341. The third-order valence-electron chi connectivity index (χ3n) is 3.28. The Balaban J connectivity index is 4.10. The van der Waals surface area contributed by atoms with Crippen molar-refractivity contribution in [1.29, 1.82) is 0 Å². The Hall–Kier alpha value is -0.210. The molecule has 0 amide bonds. The van der Waals surface area contributed by atoms with Crippen LogP contribution in [0.2, 0.25) is 0 Å². The Morgan fingerprint density at radius 3 is 2.00 bits per heavy atom. The highest BCUT2D eigenvalue weighted by Crippen LogP contribution is 2.18. The van der Waals surface area contributed by atoms with Gasteiger partial charge in [-0.3, -0.25) is 4.55 Å². The summed E-state index contributed by atoms with van der Waals surface area (Å²) in [5.74, 6) is 0.214. The fourth-order valence-electron chi connectivity index (χ4n) is 2.26. The van der Waals surface area contributed by atoms with Gasteiger partial charge in [-0.1, -0.05) is 46.0 Å². The second-order valence-electron chi connectivity index (χ2n) is 5.89. The quantitative estimate of drug-likeness (QED) is 0.354. The van der Waals surface area contributed by atoms with Gasteiger partial charge >= 0.3 is 10.4 Å². The monoisotopic (exact) mass is 326 g/mol. The van der Waals surface area contributed by atoms with Crippen molar-refractivity contribution >= 4 is 10.4 Å². The van der Waals surface area contributed by atoms with Crippen molar-refractivity contribution in [3.8, 4) is 0 Å². The molecule has 0 aromatic carbocycles. The number of unbranched alkanes of at least 4 members (excludes halogenated alkanes) is 5. The first-order chi connectivity index (χ1) is 9.76. The second kappa shape index (κ2) is 11.4. The van der Waals surface area contributed by atoms with E-state index in [0.29, 0.717) is 12.8 Å². The predicted octanol–water partition coefficient (Wildman–Crippen LogP) is 2.30. The van der Waals surface area contributed by atoms with E-state index in [-0.39, 0.29) is 12.5 Å². The van der Waals surface area contributed by atoms with Crippen LogP contribution in [0.15, 0.2) is 0 Å². The van der Waals surface area contributed by atoms with Gasteiger partial charge in [-0.25, -0.2) is 4.18 Å². The molecule has 0 aliphatic heterocycles. The summed E-state index contributed by atoms with van der Waals surface area (Å²) >= 11 is 0. The molecule has 3 N–H and O–H groups in total. The van der Waals surface area contributed by atoms with Gasteiger partial charge in [0.15, 0.2) is 0 Å². The fraction of sp³-hybridized carbons (Fsp3) is 1.00. The highest BCUT2D eigenvalue weighted by Gasteiger charge is 2.25. The lowest BCUT2D eigenvalue weighted by Gasteiger charge is -2.22. The molecule has 0 bridgehead atoms. The largest absolute Gasteiger partial charge is 0.397 e. The van der Waals surface area contributed by atoms with E-state index in [4.69, 9.17) is 9.66 Å². The Morgan fingerprint density at radius 2 is 1.52 bits per heavy atom. The van der Waals surface area contributed by atoms with E-state index in [1.165, 1.54) is 0 Å². The van der Waals surface area contributed by atoms with Gasteiger partial charge in [0, 0.05) is 6.61 Å². The van der Waals surface area contributed by atoms with Crippen LogP contribution < -0.4 is 0 Å². The normalized spacial score (nSPS) is 15.3. The van der Waals surface area contributed by atoms with Crippen molar-refractivity contribution in [1.82, 2.24) is 0 Å². The molecule has 7 heteroatoms. The van der Waals surface area contributed by atoms with Crippen LogP contribution in [0.3, 0.4) is 0 Å². The Morgan fingerprint density at radius 1 is 1.00 bits per heavy atom. The number of hydrogen-bond acceptors (Lipinski definition) is 5. The fourth-order valence-corrected chi connectivity index (χ4v) is 2.80. The van der Waals surface area contributed by atoms with Gasteiger partial charge in [-0.15, -0.1) is 0 Å². The zero-order valence-corrected chi connectivity index (χ0v) is 13.9. The number of aliphatic hydroxyl groups is 2. The molecule has 21 heavy (non-hydrogen) atoms. The molecular weight excluding hydrogens is 296 g/mol. The Kier molecular flexibility index (Phi) is 11.3. The van der Waals surface area contributed by atoms with Gasteiger partial charge in [0.25, 0.3) is 0 Å². The van der Waals surface area contributed by atoms with Gasteiger partial charge in [-0.05, 0) is 25.2 Å². The van der Waals surface area contributed by atoms with Gasteiger partial charge < -0.3 is 10.2 Å². The van der Waals surface area contributed by atoms with E-state index in [2.05, 4.69) is 4.18 Å². The van der Waals surface area contributed by atoms with Gasteiger partial charge in [-0.2, -0.15) is 8.42 Å². The standard InChI is InChI=1S/C14H30O6S/c1-12(2)11-13(16)14(20-21(17,18)19)9-7-5-3-4-6-8-10-15/h12-16H,3-11H2,1-2H3,(H,17,18,19). The number of rotatable bonds is 13. The summed E-state index contributed by atoms with van der Waals surface area (Å²) in [5, 5.41) is 18.6.